The highest BCUT2D eigenvalue weighted by Gasteiger charge is 2.07. The minimum Gasteiger partial charge on any atom is -0.504 e. The fourth-order valence-electron chi connectivity index (χ4n) is 1.06. The highest BCUT2D eigenvalue weighted by atomic mass is 16.6. The molecule has 0 aliphatic rings. The van der Waals surface area contributed by atoms with E-state index < -0.39 is 5.97 Å². The van der Waals surface area contributed by atoms with E-state index in [9.17, 15) is 14.7 Å². The van der Waals surface area contributed by atoms with E-state index in [1.165, 1.54) is 18.2 Å². The van der Waals surface area contributed by atoms with Gasteiger partial charge >= 0.3 is 5.97 Å². The van der Waals surface area contributed by atoms with Gasteiger partial charge < -0.3 is 14.6 Å². The second-order valence-corrected chi connectivity index (χ2v) is 2.94. The molecule has 0 aliphatic heterocycles. The van der Waals surface area contributed by atoms with E-state index in [-0.39, 0.29) is 24.7 Å². The summed E-state index contributed by atoms with van der Waals surface area (Å²) in [6, 6.07) is 4.12. The fraction of sp³-hybridized carbons (Fsp3) is 0.273. The number of rotatable bonds is 5. The van der Waals surface area contributed by atoms with Crippen LogP contribution in [0.15, 0.2) is 18.2 Å². The van der Waals surface area contributed by atoms with Crippen molar-refractivity contribution in [2.75, 3.05) is 13.2 Å². The van der Waals surface area contributed by atoms with Crippen LogP contribution in [0, 0.1) is 0 Å². The second kappa shape index (κ2) is 5.75. The zero-order valence-corrected chi connectivity index (χ0v) is 8.80. The van der Waals surface area contributed by atoms with E-state index in [1.54, 1.807) is 6.92 Å². The molecule has 0 atom stereocenters. The first-order chi connectivity index (χ1) is 7.67. The zero-order valence-electron chi connectivity index (χ0n) is 8.80. The Hall–Kier alpha value is -2.04. The van der Waals surface area contributed by atoms with Crippen molar-refractivity contribution >= 4 is 12.3 Å². The van der Waals surface area contributed by atoms with E-state index in [4.69, 9.17) is 4.74 Å². The van der Waals surface area contributed by atoms with Crippen LogP contribution in [0.2, 0.25) is 0 Å². The molecule has 0 fully saturated rings. The smallest absolute Gasteiger partial charge is 0.344 e. The third kappa shape index (κ3) is 3.27. The molecule has 0 unspecified atom stereocenters. The maximum atomic E-state index is 11.0. The molecule has 0 saturated carbocycles. The van der Waals surface area contributed by atoms with Crippen molar-refractivity contribution in [3.63, 3.8) is 0 Å². The Morgan fingerprint density at radius 2 is 2.25 bits per heavy atom. The van der Waals surface area contributed by atoms with Gasteiger partial charge in [-0.2, -0.15) is 0 Å². The molecular formula is C11H12O5. The van der Waals surface area contributed by atoms with Gasteiger partial charge in [0.2, 0.25) is 0 Å². The summed E-state index contributed by atoms with van der Waals surface area (Å²) >= 11 is 0. The number of carbonyl (C=O) groups is 2. The van der Waals surface area contributed by atoms with Crippen molar-refractivity contribution in [2.24, 2.45) is 0 Å². The summed E-state index contributed by atoms with van der Waals surface area (Å²) in [6.45, 7) is 1.65. The lowest BCUT2D eigenvalue weighted by Crippen LogP contribution is -2.14. The topological polar surface area (TPSA) is 72.8 Å². The molecule has 0 saturated heterocycles. The Balaban J connectivity index is 2.65. The first-order valence-corrected chi connectivity index (χ1v) is 4.74. The van der Waals surface area contributed by atoms with Gasteiger partial charge in [-0.15, -0.1) is 0 Å². The lowest BCUT2D eigenvalue weighted by atomic mass is 10.2. The van der Waals surface area contributed by atoms with Crippen molar-refractivity contribution in [3.8, 4) is 11.5 Å². The maximum absolute atomic E-state index is 11.0. The monoisotopic (exact) mass is 224 g/mol. The number of carbonyl (C=O) groups excluding carboxylic acids is 2. The molecule has 0 amide bonds. The molecule has 86 valence electrons. The molecule has 5 heteroatoms. The molecule has 0 bridgehead atoms. The van der Waals surface area contributed by atoms with Gasteiger partial charge in [-0.1, -0.05) is 0 Å². The average molecular weight is 224 g/mol. The normalized spacial score (nSPS) is 9.56. The minimum atomic E-state index is -0.529. The van der Waals surface area contributed by atoms with E-state index in [0.29, 0.717) is 11.8 Å². The summed E-state index contributed by atoms with van der Waals surface area (Å²) < 4.78 is 9.66. The van der Waals surface area contributed by atoms with Gasteiger partial charge in [-0.3, -0.25) is 4.79 Å². The van der Waals surface area contributed by atoms with Crippen LogP contribution in [0.1, 0.15) is 17.3 Å². The van der Waals surface area contributed by atoms with E-state index in [2.05, 4.69) is 4.74 Å². The van der Waals surface area contributed by atoms with Crippen molar-refractivity contribution in [1.29, 1.82) is 0 Å². The fourth-order valence-corrected chi connectivity index (χ4v) is 1.06. The van der Waals surface area contributed by atoms with E-state index in [0.717, 1.165) is 0 Å². The SMILES string of the molecule is CCOC(=O)COc1cc(C=O)ccc1O. The van der Waals surface area contributed by atoms with Gasteiger partial charge in [-0.05, 0) is 25.1 Å². The van der Waals surface area contributed by atoms with Crippen LogP contribution in [-0.4, -0.2) is 30.6 Å². The predicted molar refractivity (Wildman–Crippen MR) is 55.6 cm³/mol. The molecule has 16 heavy (non-hydrogen) atoms. The van der Waals surface area contributed by atoms with Crippen molar-refractivity contribution < 1.29 is 24.2 Å². The highest BCUT2D eigenvalue weighted by Crippen LogP contribution is 2.26. The second-order valence-electron chi connectivity index (χ2n) is 2.94. The van der Waals surface area contributed by atoms with Crippen molar-refractivity contribution in [3.05, 3.63) is 23.8 Å². The number of hydrogen-bond donors (Lipinski definition) is 1. The van der Waals surface area contributed by atoms with Gasteiger partial charge in [-0.25, -0.2) is 4.79 Å². The lowest BCUT2D eigenvalue weighted by molar-refractivity contribution is -0.145. The average Bonchev–Trinajstić information content (AvgIpc) is 2.28. The van der Waals surface area contributed by atoms with Crippen LogP contribution >= 0.6 is 0 Å². The van der Waals surface area contributed by atoms with Crippen LogP contribution in [0.5, 0.6) is 11.5 Å². The number of benzene rings is 1. The Bertz CT molecular complexity index is 386. The molecule has 1 N–H and O–H groups in total. The molecule has 1 rings (SSSR count). The molecule has 0 spiro atoms. The quantitative estimate of drug-likeness (QED) is 0.599. The first-order valence-electron chi connectivity index (χ1n) is 4.74. The largest absolute Gasteiger partial charge is 0.504 e. The molecule has 0 aliphatic carbocycles. The Morgan fingerprint density at radius 3 is 2.88 bits per heavy atom. The molecule has 0 aromatic heterocycles. The molecule has 1 aromatic carbocycles. The Kier molecular flexibility index (Phi) is 4.32. The molecule has 1 aromatic rings. The summed E-state index contributed by atoms with van der Waals surface area (Å²) in [5.41, 5.74) is 0.358. The van der Waals surface area contributed by atoms with E-state index >= 15 is 0 Å². The lowest BCUT2D eigenvalue weighted by Gasteiger charge is -2.07. The summed E-state index contributed by atoms with van der Waals surface area (Å²) in [4.78, 5) is 21.5. The summed E-state index contributed by atoms with van der Waals surface area (Å²) in [5, 5.41) is 9.38. The van der Waals surface area contributed by atoms with Crippen LogP contribution in [0.25, 0.3) is 0 Å². The van der Waals surface area contributed by atoms with Gasteiger partial charge in [0.05, 0.1) is 6.61 Å². The molecule has 0 heterocycles. The predicted octanol–water partition coefficient (Wildman–Crippen LogP) is 1.15. The van der Waals surface area contributed by atoms with Gasteiger partial charge in [0.25, 0.3) is 0 Å². The van der Waals surface area contributed by atoms with Crippen LogP contribution in [0.3, 0.4) is 0 Å². The third-order valence-corrected chi connectivity index (χ3v) is 1.77. The number of aldehydes is 1. The van der Waals surface area contributed by atoms with Gasteiger partial charge in [0, 0.05) is 5.56 Å². The van der Waals surface area contributed by atoms with Gasteiger partial charge in [0.1, 0.15) is 6.29 Å². The minimum absolute atomic E-state index is 0.0812. The third-order valence-electron chi connectivity index (χ3n) is 1.77. The molecular weight excluding hydrogens is 212 g/mol. The first kappa shape index (κ1) is 12.0. The summed E-state index contributed by atoms with van der Waals surface area (Å²) in [5.74, 6) is -0.578. The van der Waals surface area contributed by atoms with Crippen molar-refractivity contribution in [1.82, 2.24) is 0 Å². The zero-order chi connectivity index (χ0) is 12.0. The van der Waals surface area contributed by atoms with Crippen LogP contribution < -0.4 is 4.74 Å². The Morgan fingerprint density at radius 1 is 1.50 bits per heavy atom. The molecule has 0 radical (unpaired) electrons. The van der Waals surface area contributed by atoms with Crippen LogP contribution in [-0.2, 0) is 9.53 Å². The maximum Gasteiger partial charge on any atom is 0.344 e. The number of ether oxygens (including phenoxy) is 2. The number of phenols is 1. The number of hydrogen-bond acceptors (Lipinski definition) is 5. The molecule has 5 nitrogen and oxygen atoms in total. The summed E-state index contributed by atoms with van der Waals surface area (Å²) in [6.07, 6.45) is 0.622. The number of phenolic OH excluding ortho intramolecular Hbond substituents is 1. The summed E-state index contributed by atoms with van der Waals surface area (Å²) in [7, 11) is 0. The van der Waals surface area contributed by atoms with Crippen molar-refractivity contribution in [2.45, 2.75) is 6.92 Å². The van der Waals surface area contributed by atoms with E-state index in [1.807, 2.05) is 0 Å². The van der Waals surface area contributed by atoms with Gasteiger partial charge in [0.15, 0.2) is 18.1 Å². The number of aromatic hydroxyl groups is 1. The highest BCUT2D eigenvalue weighted by molar-refractivity contribution is 5.76. The number of esters is 1. The Labute approximate surface area is 92.6 Å². The van der Waals surface area contributed by atoms with Crippen LogP contribution in [0.4, 0.5) is 0 Å². The standard InChI is InChI=1S/C11H12O5/c1-2-15-11(14)7-16-10-5-8(6-12)3-4-9(10)13/h3-6,13H,2,7H2,1H3.